The number of benzene rings is 2. The number of hydrogen-bond acceptors (Lipinski definition) is 5. The highest BCUT2D eigenvalue weighted by molar-refractivity contribution is 5.14. The van der Waals surface area contributed by atoms with Crippen LogP contribution in [0.1, 0.15) is 25.0 Å². The average Bonchev–Trinajstić information content (AvgIpc) is 3.13. The first kappa shape index (κ1) is 18.6. The van der Waals surface area contributed by atoms with Crippen molar-refractivity contribution in [1.82, 2.24) is 0 Å². The summed E-state index contributed by atoms with van der Waals surface area (Å²) < 4.78 is 30.1. The van der Waals surface area contributed by atoms with Crippen LogP contribution >= 0.6 is 0 Å². The quantitative estimate of drug-likeness (QED) is 0.744. The molecule has 0 bridgehead atoms. The predicted octanol–water partition coefficient (Wildman–Crippen LogP) is 3.67. The summed E-state index contributed by atoms with van der Waals surface area (Å²) in [6.45, 7) is 5.24. The molecule has 0 amide bonds. The minimum atomic E-state index is -0.667. The van der Waals surface area contributed by atoms with Crippen molar-refractivity contribution in [3.8, 4) is 0 Å². The molecule has 5 heteroatoms. The van der Waals surface area contributed by atoms with Gasteiger partial charge in [-0.3, -0.25) is 0 Å². The topological polar surface area (TPSA) is 46.2 Å². The molecule has 2 aliphatic heterocycles. The third-order valence-electron chi connectivity index (χ3n) is 4.77. The van der Waals surface area contributed by atoms with E-state index < -0.39 is 12.1 Å². The van der Waals surface area contributed by atoms with Crippen LogP contribution in [0, 0.1) is 0 Å². The standard InChI is InChI=1S/C22H26O5/c1-22(2)26-20-19(24-14-17-11-7-4-8-12-17)18(25-21(20)27-22)15-23-13-16-9-5-3-6-10-16/h3-12,18-21H,13-15H2,1-2H3/t18?,19-,20-,21-/m1/s1. The van der Waals surface area contributed by atoms with Crippen LogP contribution < -0.4 is 0 Å². The molecule has 2 aliphatic rings. The number of ether oxygens (including phenoxy) is 5. The zero-order valence-corrected chi connectivity index (χ0v) is 15.7. The molecule has 0 aliphatic carbocycles. The Balaban J connectivity index is 1.38. The molecule has 0 N–H and O–H groups in total. The lowest BCUT2D eigenvalue weighted by molar-refractivity contribution is -0.225. The van der Waals surface area contributed by atoms with Crippen molar-refractivity contribution in [1.29, 1.82) is 0 Å². The summed E-state index contributed by atoms with van der Waals surface area (Å²) in [5.74, 6) is -0.667. The largest absolute Gasteiger partial charge is 0.374 e. The first-order chi connectivity index (χ1) is 13.1. The van der Waals surface area contributed by atoms with Gasteiger partial charge in [-0.2, -0.15) is 0 Å². The summed E-state index contributed by atoms with van der Waals surface area (Å²) in [4.78, 5) is 0. The van der Waals surface area contributed by atoms with Gasteiger partial charge < -0.3 is 23.7 Å². The van der Waals surface area contributed by atoms with Crippen LogP contribution in [0.15, 0.2) is 60.7 Å². The van der Waals surface area contributed by atoms with E-state index in [4.69, 9.17) is 23.7 Å². The fourth-order valence-corrected chi connectivity index (χ4v) is 3.52. The average molecular weight is 370 g/mol. The molecular weight excluding hydrogens is 344 g/mol. The third kappa shape index (κ3) is 4.57. The van der Waals surface area contributed by atoms with Gasteiger partial charge in [-0.15, -0.1) is 0 Å². The first-order valence-corrected chi connectivity index (χ1v) is 9.39. The second-order valence-corrected chi connectivity index (χ2v) is 7.41. The van der Waals surface area contributed by atoms with E-state index in [9.17, 15) is 0 Å². The van der Waals surface area contributed by atoms with Gasteiger partial charge in [-0.1, -0.05) is 60.7 Å². The molecule has 1 unspecified atom stereocenters. The Kier molecular flexibility index (Phi) is 5.57. The number of fused-ring (bicyclic) bond motifs is 1. The zero-order valence-electron chi connectivity index (χ0n) is 15.7. The van der Waals surface area contributed by atoms with Crippen molar-refractivity contribution in [2.24, 2.45) is 0 Å². The van der Waals surface area contributed by atoms with E-state index in [1.807, 2.05) is 74.5 Å². The summed E-state index contributed by atoms with van der Waals surface area (Å²) in [7, 11) is 0. The van der Waals surface area contributed by atoms with Crippen LogP contribution in [0.3, 0.4) is 0 Å². The van der Waals surface area contributed by atoms with E-state index in [1.165, 1.54) is 0 Å². The Morgan fingerprint density at radius 3 is 2.15 bits per heavy atom. The summed E-state index contributed by atoms with van der Waals surface area (Å²) in [5.41, 5.74) is 2.24. The van der Waals surface area contributed by atoms with Gasteiger partial charge in [-0.05, 0) is 25.0 Å². The molecule has 4 rings (SSSR count). The van der Waals surface area contributed by atoms with E-state index in [2.05, 4.69) is 0 Å². The van der Waals surface area contributed by atoms with Gasteiger partial charge in [0.1, 0.15) is 18.3 Å². The minimum Gasteiger partial charge on any atom is -0.374 e. The fourth-order valence-electron chi connectivity index (χ4n) is 3.52. The lowest BCUT2D eigenvalue weighted by atomic mass is 10.1. The van der Waals surface area contributed by atoms with E-state index in [0.29, 0.717) is 19.8 Å². The Labute approximate surface area is 160 Å². The molecule has 0 radical (unpaired) electrons. The Hall–Kier alpha value is -1.76. The smallest absolute Gasteiger partial charge is 0.190 e. The normalized spacial score (nSPS) is 29.0. The van der Waals surface area contributed by atoms with Crippen molar-refractivity contribution < 1.29 is 23.7 Å². The molecule has 0 saturated carbocycles. The molecule has 27 heavy (non-hydrogen) atoms. The van der Waals surface area contributed by atoms with Crippen LogP contribution in [0.2, 0.25) is 0 Å². The van der Waals surface area contributed by atoms with Crippen molar-refractivity contribution >= 4 is 0 Å². The maximum atomic E-state index is 6.20. The van der Waals surface area contributed by atoms with Gasteiger partial charge in [0.2, 0.25) is 0 Å². The highest BCUT2D eigenvalue weighted by atomic mass is 16.8. The maximum Gasteiger partial charge on any atom is 0.190 e. The molecule has 2 aromatic carbocycles. The highest BCUT2D eigenvalue weighted by Crippen LogP contribution is 2.39. The molecule has 0 spiro atoms. The van der Waals surface area contributed by atoms with Crippen molar-refractivity contribution in [3.63, 3.8) is 0 Å². The summed E-state index contributed by atoms with van der Waals surface area (Å²) >= 11 is 0. The van der Waals surface area contributed by atoms with Gasteiger partial charge >= 0.3 is 0 Å². The second kappa shape index (κ2) is 8.09. The SMILES string of the molecule is CC1(C)O[C@H]2OC(COCc3ccccc3)[C@@H](OCc3ccccc3)[C@H]2O1. The van der Waals surface area contributed by atoms with Gasteiger partial charge in [0.25, 0.3) is 0 Å². The minimum absolute atomic E-state index is 0.233. The van der Waals surface area contributed by atoms with Gasteiger partial charge in [-0.25, -0.2) is 0 Å². The summed E-state index contributed by atoms with van der Waals surface area (Å²) in [6, 6.07) is 20.2. The number of hydrogen-bond donors (Lipinski definition) is 0. The Morgan fingerprint density at radius 1 is 0.852 bits per heavy atom. The van der Waals surface area contributed by atoms with E-state index in [-0.39, 0.29) is 18.3 Å². The first-order valence-electron chi connectivity index (χ1n) is 9.39. The molecular formula is C22H26O5. The monoisotopic (exact) mass is 370 g/mol. The maximum absolute atomic E-state index is 6.20. The summed E-state index contributed by atoms with van der Waals surface area (Å²) in [6.07, 6.45) is -1.16. The predicted molar refractivity (Wildman–Crippen MR) is 99.8 cm³/mol. The van der Waals surface area contributed by atoms with E-state index >= 15 is 0 Å². The molecule has 4 atom stereocenters. The van der Waals surface area contributed by atoms with Crippen LogP contribution in [0.5, 0.6) is 0 Å². The molecule has 5 nitrogen and oxygen atoms in total. The lowest BCUT2D eigenvalue weighted by Gasteiger charge is -2.26. The molecule has 144 valence electrons. The fraction of sp³-hybridized carbons (Fsp3) is 0.455. The second-order valence-electron chi connectivity index (χ2n) is 7.41. The Morgan fingerprint density at radius 2 is 1.48 bits per heavy atom. The van der Waals surface area contributed by atoms with Gasteiger partial charge in [0.15, 0.2) is 12.1 Å². The van der Waals surface area contributed by atoms with E-state index in [1.54, 1.807) is 0 Å². The van der Waals surface area contributed by atoms with Crippen LogP contribution in [-0.4, -0.2) is 37.0 Å². The van der Waals surface area contributed by atoms with Crippen molar-refractivity contribution in [2.45, 2.75) is 57.5 Å². The molecule has 2 fully saturated rings. The van der Waals surface area contributed by atoms with Crippen LogP contribution in [-0.2, 0) is 36.9 Å². The zero-order chi connectivity index (χ0) is 18.7. The summed E-state index contributed by atoms with van der Waals surface area (Å²) in [5, 5.41) is 0. The van der Waals surface area contributed by atoms with Crippen molar-refractivity contribution in [2.75, 3.05) is 6.61 Å². The lowest BCUT2D eigenvalue weighted by Crippen LogP contribution is -2.38. The Bertz CT molecular complexity index is 718. The number of rotatable bonds is 7. The molecule has 2 aromatic rings. The molecule has 2 saturated heterocycles. The van der Waals surface area contributed by atoms with E-state index in [0.717, 1.165) is 11.1 Å². The molecule has 0 aromatic heterocycles. The third-order valence-corrected chi connectivity index (χ3v) is 4.77. The van der Waals surface area contributed by atoms with Gasteiger partial charge in [0.05, 0.1) is 19.8 Å². The molecule has 2 heterocycles. The van der Waals surface area contributed by atoms with Crippen molar-refractivity contribution in [3.05, 3.63) is 71.8 Å². The van der Waals surface area contributed by atoms with Crippen LogP contribution in [0.4, 0.5) is 0 Å². The highest BCUT2D eigenvalue weighted by Gasteiger charge is 2.55. The van der Waals surface area contributed by atoms with Crippen LogP contribution in [0.25, 0.3) is 0 Å². The van der Waals surface area contributed by atoms with Gasteiger partial charge in [0, 0.05) is 0 Å².